The Bertz CT molecular complexity index is 3340. The number of thiophene rings is 1. The van der Waals surface area contributed by atoms with Gasteiger partial charge in [0, 0.05) is 59.5 Å². The third kappa shape index (κ3) is 5.12. The molecule has 12 aromatic rings. The number of nitrogens with zero attached hydrogens (tertiary/aromatic N) is 1. The molecule has 272 valence electrons. The number of anilines is 3. The van der Waals surface area contributed by atoms with Gasteiger partial charge in [-0.25, -0.2) is 0 Å². The number of fused-ring (bicyclic) bond motifs is 9. The molecule has 0 aliphatic heterocycles. The highest BCUT2D eigenvalue weighted by atomic mass is 32.1. The fraction of sp³-hybridized carbons (Fsp3) is 0. The summed E-state index contributed by atoms with van der Waals surface area (Å²) < 4.78 is 15.4. The number of benzene rings is 9. The molecule has 4 heteroatoms. The van der Waals surface area contributed by atoms with Crippen molar-refractivity contribution in [3.63, 3.8) is 0 Å². The van der Waals surface area contributed by atoms with E-state index in [0.29, 0.717) is 0 Å². The monoisotopic (exact) mass is 759 g/mol. The molecule has 3 nitrogen and oxygen atoms in total. The molecular weight excluding hydrogens is 727 g/mol. The first-order chi connectivity index (χ1) is 28.8. The molecule has 0 spiro atoms. The molecule has 0 N–H and O–H groups in total. The van der Waals surface area contributed by atoms with Gasteiger partial charge >= 0.3 is 0 Å². The van der Waals surface area contributed by atoms with E-state index >= 15 is 0 Å². The van der Waals surface area contributed by atoms with Gasteiger partial charge in [-0.2, -0.15) is 0 Å². The van der Waals surface area contributed by atoms with Crippen LogP contribution in [0.4, 0.5) is 17.1 Å². The Morgan fingerprint density at radius 2 is 0.828 bits per heavy atom. The molecule has 0 atom stereocenters. The van der Waals surface area contributed by atoms with E-state index in [4.69, 9.17) is 8.83 Å². The number of hydrogen-bond donors (Lipinski definition) is 0. The SMILES string of the molecule is c1ccc(-c2ccc(N(c3ccc(-c4cccc5c4oc4ccccc45)cc3)c3ccc(-c4cccc5c4oc4ccccc45)cc3)c3sc4ccccc4c23)cc1. The van der Waals surface area contributed by atoms with Crippen LogP contribution in [0.1, 0.15) is 0 Å². The van der Waals surface area contributed by atoms with Crippen molar-refractivity contribution in [3.05, 3.63) is 200 Å². The van der Waals surface area contributed by atoms with Gasteiger partial charge in [0.15, 0.2) is 0 Å². The van der Waals surface area contributed by atoms with Gasteiger partial charge < -0.3 is 13.7 Å². The second-order valence-corrected chi connectivity index (χ2v) is 15.8. The molecule has 9 aromatic carbocycles. The van der Waals surface area contributed by atoms with Crippen molar-refractivity contribution >= 4 is 92.4 Å². The minimum atomic E-state index is 0.902. The van der Waals surface area contributed by atoms with Crippen LogP contribution in [-0.4, -0.2) is 0 Å². The highest BCUT2D eigenvalue weighted by molar-refractivity contribution is 7.26. The minimum Gasteiger partial charge on any atom is -0.455 e. The van der Waals surface area contributed by atoms with E-state index in [1.165, 1.54) is 31.3 Å². The van der Waals surface area contributed by atoms with E-state index in [-0.39, 0.29) is 0 Å². The molecule has 0 fully saturated rings. The lowest BCUT2D eigenvalue weighted by Crippen LogP contribution is -2.10. The summed E-state index contributed by atoms with van der Waals surface area (Å²) in [6.07, 6.45) is 0. The molecule has 0 aliphatic rings. The molecule has 0 unspecified atom stereocenters. The number of para-hydroxylation sites is 4. The van der Waals surface area contributed by atoms with Gasteiger partial charge in [0.1, 0.15) is 22.3 Å². The van der Waals surface area contributed by atoms with Crippen LogP contribution in [-0.2, 0) is 0 Å². The van der Waals surface area contributed by atoms with Gasteiger partial charge in [-0.3, -0.25) is 0 Å². The zero-order valence-corrected chi connectivity index (χ0v) is 32.0. The molecular formula is C54H33NO2S. The van der Waals surface area contributed by atoms with Crippen LogP contribution in [0.2, 0.25) is 0 Å². The predicted molar refractivity (Wildman–Crippen MR) is 245 cm³/mol. The van der Waals surface area contributed by atoms with Gasteiger partial charge in [-0.05, 0) is 70.8 Å². The molecule has 58 heavy (non-hydrogen) atoms. The molecule has 0 saturated carbocycles. The maximum atomic E-state index is 6.45. The number of furan rings is 2. The van der Waals surface area contributed by atoms with Gasteiger partial charge in [-0.15, -0.1) is 11.3 Å². The van der Waals surface area contributed by atoms with E-state index < -0.39 is 0 Å². The Balaban J connectivity index is 1.04. The summed E-state index contributed by atoms with van der Waals surface area (Å²) in [5, 5.41) is 7.06. The van der Waals surface area contributed by atoms with Crippen molar-refractivity contribution < 1.29 is 8.83 Å². The third-order valence-electron chi connectivity index (χ3n) is 11.5. The summed E-state index contributed by atoms with van der Waals surface area (Å²) in [6, 6.07) is 71.4. The van der Waals surface area contributed by atoms with Crippen LogP contribution in [0, 0.1) is 0 Å². The van der Waals surface area contributed by atoms with E-state index in [2.05, 4.69) is 181 Å². The molecule has 0 aliphatic carbocycles. The zero-order chi connectivity index (χ0) is 38.2. The molecule has 0 radical (unpaired) electrons. The summed E-state index contributed by atoms with van der Waals surface area (Å²) in [6.45, 7) is 0. The van der Waals surface area contributed by atoms with Crippen molar-refractivity contribution in [2.75, 3.05) is 4.90 Å². The lowest BCUT2D eigenvalue weighted by atomic mass is 9.98. The minimum absolute atomic E-state index is 0.902. The Labute approximate surface area is 338 Å². The van der Waals surface area contributed by atoms with Crippen molar-refractivity contribution in [1.29, 1.82) is 0 Å². The first kappa shape index (κ1) is 32.8. The van der Waals surface area contributed by atoms with Crippen LogP contribution < -0.4 is 4.90 Å². The molecule has 0 bridgehead atoms. The Kier molecular flexibility index (Phi) is 7.40. The second-order valence-electron chi connectivity index (χ2n) is 14.8. The third-order valence-corrected chi connectivity index (χ3v) is 12.7. The number of hydrogen-bond acceptors (Lipinski definition) is 4. The number of rotatable bonds is 6. The summed E-state index contributed by atoms with van der Waals surface area (Å²) in [5.41, 5.74) is 13.7. The fourth-order valence-corrected chi connectivity index (χ4v) is 10.0. The molecule has 0 saturated heterocycles. The van der Waals surface area contributed by atoms with Gasteiger partial charge in [-0.1, -0.05) is 152 Å². The maximum absolute atomic E-state index is 6.45. The quantitative estimate of drug-likeness (QED) is 0.169. The zero-order valence-electron chi connectivity index (χ0n) is 31.2. The van der Waals surface area contributed by atoms with E-state index in [9.17, 15) is 0 Å². The summed E-state index contributed by atoms with van der Waals surface area (Å²) in [5.74, 6) is 0. The van der Waals surface area contributed by atoms with Crippen molar-refractivity contribution in [3.8, 4) is 33.4 Å². The first-order valence-electron chi connectivity index (χ1n) is 19.6. The van der Waals surface area contributed by atoms with Crippen LogP contribution in [0.3, 0.4) is 0 Å². The van der Waals surface area contributed by atoms with Crippen molar-refractivity contribution in [2.45, 2.75) is 0 Å². The van der Waals surface area contributed by atoms with Crippen molar-refractivity contribution in [1.82, 2.24) is 0 Å². The summed E-state index contributed by atoms with van der Waals surface area (Å²) in [7, 11) is 0. The Morgan fingerprint density at radius 1 is 0.345 bits per heavy atom. The fourth-order valence-electron chi connectivity index (χ4n) is 8.81. The van der Waals surface area contributed by atoms with E-state index in [0.717, 1.165) is 83.2 Å². The van der Waals surface area contributed by atoms with Crippen molar-refractivity contribution in [2.24, 2.45) is 0 Å². The lowest BCUT2D eigenvalue weighted by Gasteiger charge is -2.27. The largest absolute Gasteiger partial charge is 0.455 e. The average molecular weight is 760 g/mol. The van der Waals surface area contributed by atoms with Crippen LogP contribution in [0.25, 0.3) is 97.4 Å². The maximum Gasteiger partial charge on any atom is 0.143 e. The predicted octanol–water partition coefficient (Wildman–Crippen LogP) is 16.3. The molecule has 12 rings (SSSR count). The summed E-state index contributed by atoms with van der Waals surface area (Å²) >= 11 is 1.86. The van der Waals surface area contributed by atoms with E-state index in [1.807, 2.05) is 35.6 Å². The summed E-state index contributed by atoms with van der Waals surface area (Å²) in [4.78, 5) is 2.41. The molecule has 3 aromatic heterocycles. The second kappa shape index (κ2) is 13.1. The Morgan fingerprint density at radius 3 is 1.41 bits per heavy atom. The van der Waals surface area contributed by atoms with Gasteiger partial charge in [0.05, 0.1) is 10.4 Å². The normalized spacial score (nSPS) is 11.8. The standard InChI is InChI=1S/C54H33NO2S/c1-2-12-34(13-3-1)39-32-33-47(54-51(39)46-16-6-9-23-50(46)58-54)55(37-28-24-35(25-29-37)40-17-10-19-44-42-14-4-7-21-48(42)56-52(40)44)38-30-26-36(27-31-38)41-18-11-20-45-43-15-5-8-22-49(43)57-53(41)45/h1-33H. The van der Waals surface area contributed by atoms with E-state index in [1.54, 1.807) is 0 Å². The first-order valence-corrected chi connectivity index (χ1v) is 20.4. The highest BCUT2D eigenvalue weighted by Crippen LogP contribution is 2.49. The molecule has 3 heterocycles. The lowest BCUT2D eigenvalue weighted by molar-refractivity contribution is 0.669. The van der Waals surface area contributed by atoms with Crippen LogP contribution in [0.15, 0.2) is 209 Å². The Hall–Kier alpha value is -7.40. The van der Waals surface area contributed by atoms with Crippen LogP contribution in [0.5, 0.6) is 0 Å². The topological polar surface area (TPSA) is 29.5 Å². The average Bonchev–Trinajstić information content (AvgIpc) is 3.99. The van der Waals surface area contributed by atoms with Crippen LogP contribution >= 0.6 is 11.3 Å². The van der Waals surface area contributed by atoms with Gasteiger partial charge in [0.2, 0.25) is 0 Å². The molecule has 0 amide bonds. The van der Waals surface area contributed by atoms with Gasteiger partial charge in [0.25, 0.3) is 0 Å². The highest BCUT2D eigenvalue weighted by Gasteiger charge is 2.22. The smallest absolute Gasteiger partial charge is 0.143 e.